The van der Waals surface area contributed by atoms with E-state index in [0.717, 1.165) is 0 Å². The molecule has 3 aromatic rings. The fourth-order valence-corrected chi connectivity index (χ4v) is 2.44. The summed E-state index contributed by atoms with van der Waals surface area (Å²) in [4.78, 5) is 31.1. The summed E-state index contributed by atoms with van der Waals surface area (Å²) in [6.07, 6.45) is 1.34. The maximum atomic E-state index is 11.4. The zero-order valence-corrected chi connectivity index (χ0v) is 13.4. The van der Waals surface area contributed by atoms with Gasteiger partial charge in [-0.15, -0.1) is 0 Å². The molecule has 8 nitrogen and oxygen atoms in total. The largest absolute Gasteiger partial charge is 0.478 e. The smallest absolute Gasteiger partial charge is 0.337 e. The Bertz CT molecular complexity index is 1000. The molecule has 0 amide bonds. The first-order valence-electron chi connectivity index (χ1n) is 7.52. The normalized spacial score (nSPS) is 10.3. The van der Waals surface area contributed by atoms with Crippen LogP contribution in [0.2, 0.25) is 0 Å². The van der Waals surface area contributed by atoms with Crippen molar-refractivity contribution in [2.24, 2.45) is 0 Å². The summed E-state index contributed by atoms with van der Waals surface area (Å²) in [5, 5.41) is 21.4. The molecule has 130 valence electrons. The fraction of sp³-hybridized carbons (Fsp3) is 0. The average Bonchev–Trinajstić information content (AvgIpc) is 2.63. The van der Waals surface area contributed by atoms with Crippen LogP contribution in [0.4, 0.5) is 17.3 Å². The van der Waals surface area contributed by atoms with E-state index in [1.165, 1.54) is 18.3 Å². The van der Waals surface area contributed by atoms with Crippen molar-refractivity contribution in [3.05, 3.63) is 65.9 Å². The van der Waals surface area contributed by atoms with Gasteiger partial charge in [0.25, 0.3) is 0 Å². The number of nitrogens with one attached hydrogen (secondary N) is 1. The number of carbonyl (C=O) groups is 2. The highest BCUT2D eigenvalue weighted by molar-refractivity contribution is 5.97. The molecule has 5 N–H and O–H groups in total. The van der Waals surface area contributed by atoms with Gasteiger partial charge in [0.15, 0.2) is 0 Å². The van der Waals surface area contributed by atoms with E-state index in [1.54, 1.807) is 36.4 Å². The second-order valence-electron chi connectivity index (χ2n) is 5.32. The van der Waals surface area contributed by atoms with Gasteiger partial charge in [0, 0.05) is 5.56 Å². The van der Waals surface area contributed by atoms with Crippen molar-refractivity contribution in [2.45, 2.75) is 0 Å². The summed E-state index contributed by atoms with van der Waals surface area (Å²) in [6, 6.07) is 12.6. The Labute approximate surface area is 148 Å². The number of para-hydroxylation sites is 1. The molecule has 1 aromatic heterocycles. The zero-order valence-electron chi connectivity index (χ0n) is 13.4. The van der Waals surface area contributed by atoms with Crippen LogP contribution in [0.5, 0.6) is 0 Å². The third-order valence-electron chi connectivity index (χ3n) is 3.63. The molecule has 2 aromatic carbocycles. The van der Waals surface area contributed by atoms with E-state index in [-0.39, 0.29) is 28.5 Å². The number of hydrogen-bond acceptors (Lipinski definition) is 6. The van der Waals surface area contributed by atoms with Crippen LogP contribution < -0.4 is 11.1 Å². The minimum atomic E-state index is -1.11. The van der Waals surface area contributed by atoms with Crippen molar-refractivity contribution in [3.63, 3.8) is 0 Å². The lowest BCUT2D eigenvalue weighted by Crippen LogP contribution is -2.07. The number of hydrogen-bond donors (Lipinski definition) is 4. The van der Waals surface area contributed by atoms with Crippen LogP contribution in [0, 0.1) is 0 Å². The third kappa shape index (κ3) is 3.29. The van der Waals surface area contributed by atoms with E-state index in [0.29, 0.717) is 11.3 Å². The van der Waals surface area contributed by atoms with Crippen LogP contribution in [-0.4, -0.2) is 32.1 Å². The molecule has 1 heterocycles. The Balaban J connectivity index is 2.05. The van der Waals surface area contributed by atoms with Crippen LogP contribution in [0.3, 0.4) is 0 Å². The van der Waals surface area contributed by atoms with Crippen molar-refractivity contribution in [3.8, 4) is 11.3 Å². The van der Waals surface area contributed by atoms with Gasteiger partial charge in [-0.3, -0.25) is 0 Å². The Morgan fingerprint density at radius 2 is 1.54 bits per heavy atom. The number of nitrogens with two attached hydrogens (primary N) is 1. The van der Waals surface area contributed by atoms with Crippen LogP contribution in [-0.2, 0) is 0 Å². The summed E-state index contributed by atoms with van der Waals surface area (Å²) in [6.45, 7) is 0. The molecule has 3 rings (SSSR count). The first kappa shape index (κ1) is 16.9. The molecular formula is C18H14N4O4. The molecule has 0 aliphatic carbocycles. The van der Waals surface area contributed by atoms with Crippen LogP contribution in [0.15, 0.2) is 54.7 Å². The molecule has 0 saturated carbocycles. The Morgan fingerprint density at radius 3 is 2.23 bits per heavy atom. The van der Waals surface area contributed by atoms with Crippen molar-refractivity contribution < 1.29 is 19.8 Å². The van der Waals surface area contributed by atoms with Crippen LogP contribution in [0.25, 0.3) is 11.3 Å². The van der Waals surface area contributed by atoms with E-state index in [9.17, 15) is 19.8 Å². The highest BCUT2D eigenvalue weighted by atomic mass is 16.4. The number of benzene rings is 2. The minimum Gasteiger partial charge on any atom is -0.478 e. The van der Waals surface area contributed by atoms with Crippen molar-refractivity contribution in [1.29, 1.82) is 0 Å². The molecule has 0 aliphatic rings. The summed E-state index contributed by atoms with van der Waals surface area (Å²) < 4.78 is 0. The number of carboxylic acid groups (broad SMARTS) is 2. The molecule has 0 radical (unpaired) electrons. The first-order valence-corrected chi connectivity index (χ1v) is 7.52. The van der Waals surface area contributed by atoms with Gasteiger partial charge in [0.2, 0.25) is 5.95 Å². The van der Waals surface area contributed by atoms with Gasteiger partial charge in [-0.25, -0.2) is 19.6 Å². The molecule has 8 heteroatoms. The van der Waals surface area contributed by atoms with Gasteiger partial charge in [0.05, 0.1) is 34.4 Å². The minimum absolute atomic E-state index is 0.0507. The van der Waals surface area contributed by atoms with E-state index in [1.807, 2.05) is 0 Å². The number of rotatable bonds is 5. The van der Waals surface area contributed by atoms with Crippen molar-refractivity contribution in [2.75, 3.05) is 11.1 Å². The Kier molecular flexibility index (Phi) is 4.48. The average molecular weight is 350 g/mol. The number of carboxylic acids is 2. The number of nitrogen functional groups attached to an aromatic ring is 1. The number of nitrogens with zero attached hydrogens (tertiary/aromatic N) is 2. The summed E-state index contributed by atoms with van der Waals surface area (Å²) in [5.74, 6) is -2.10. The predicted octanol–water partition coefficient (Wildman–Crippen LogP) is 2.87. The van der Waals surface area contributed by atoms with Crippen LogP contribution in [0.1, 0.15) is 20.7 Å². The molecule has 0 atom stereocenters. The lowest BCUT2D eigenvalue weighted by molar-refractivity contribution is 0.0687. The van der Waals surface area contributed by atoms with E-state index < -0.39 is 11.9 Å². The van der Waals surface area contributed by atoms with E-state index in [4.69, 9.17) is 5.73 Å². The highest BCUT2D eigenvalue weighted by Gasteiger charge is 2.16. The monoisotopic (exact) mass is 350 g/mol. The second kappa shape index (κ2) is 6.89. The van der Waals surface area contributed by atoms with Crippen LogP contribution >= 0.6 is 0 Å². The van der Waals surface area contributed by atoms with Gasteiger partial charge >= 0.3 is 11.9 Å². The third-order valence-corrected chi connectivity index (χ3v) is 3.63. The highest BCUT2D eigenvalue weighted by Crippen LogP contribution is 2.28. The molecule has 0 bridgehead atoms. The van der Waals surface area contributed by atoms with E-state index >= 15 is 0 Å². The second-order valence-corrected chi connectivity index (χ2v) is 5.32. The van der Waals surface area contributed by atoms with Gasteiger partial charge in [-0.2, -0.15) is 0 Å². The maximum Gasteiger partial charge on any atom is 0.337 e. The molecule has 26 heavy (non-hydrogen) atoms. The van der Waals surface area contributed by atoms with Gasteiger partial charge in [-0.1, -0.05) is 30.3 Å². The number of aromatic carboxylic acids is 2. The lowest BCUT2D eigenvalue weighted by atomic mass is 10.0. The molecule has 0 spiro atoms. The van der Waals surface area contributed by atoms with E-state index in [2.05, 4.69) is 15.3 Å². The zero-order chi connectivity index (χ0) is 18.7. The summed E-state index contributed by atoms with van der Waals surface area (Å²) in [7, 11) is 0. The van der Waals surface area contributed by atoms with Gasteiger partial charge < -0.3 is 21.3 Å². The number of anilines is 3. The predicted molar refractivity (Wildman–Crippen MR) is 95.5 cm³/mol. The topological polar surface area (TPSA) is 138 Å². The molecular weight excluding hydrogens is 336 g/mol. The first-order chi connectivity index (χ1) is 12.5. The standard InChI is InChI=1S/C18H14N4O4/c19-13-9-20-18(21-14-8-4-3-7-12(14)17(25)26)22-15(13)10-5-1-2-6-11(10)16(23)24/h1-9H,19H2,(H,23,24)(H,25,26)(H,20,21,22). The molecule has 0 fully saturated rings. The summed E-state index contributed by atoms with van der Waals surface area (Å²) >= 11 is 0. The van der Waals surface area contributed by atoms with Crippen molar-refractivity contribution >= 4 is 29.3 Å². The molecule has 0 unspecified atom stereocenters. The maximum absolute atomic E-state index is 11.4. The summed E-state index contributed by atoms with van der Waals surface area (Å²) in [5.41, 5.74) is 7.13. The van der Waals surface area contributed by atoms with Gasteiger partial charge in [0.1, 0.15) is 0 Å². The molecule has 0 aliphatic heterocycles. The quantitative estimate of drug-likeness (QED) is 0.551. The number of aromatic nitrogens is 2. The Hall–Kier alpha value is -3.94. The van der Waals surface area contributed by atoms with Crippen molar-refractivity contribution in [1.82, 2.24) is 9.97 Å². The van der Waals surface area contributed by atoms with Gasteiger partial charge in [-0.05, 0) is 18.2 Å². The SMILES string of the molecule is Nc1cnc(Nc2ccccc2C(=O)O)nc1-c1ccccc1C(=O)O. The fourth-order valence-electron chi connectivity index (χ4n) is 2.44. The molecule has 0 saturated heterocycles. The Morgan fingerprint density at radius 1 is 0.923 bits per heavy atom. The lowest BCUT2D eigenvalue weighted by Gasteiger charge is -2.12.